The van der Waals surface area contributed by atoms with Crippen molar-refractivity contribution in [3.05, 3.63) is 89.5 Å². The summed E-state index contributed by atoms with van der Waals surface area (Å²) in [6.07, 6.45) is 0.164. The van der Waals surface area contributed by atoms with Crippen molar-refractivity contribution >= 4 is 58.1 Å². The van der Waals surface area contributed by atoms with Crippen LogP contribution in [0.2, 0.25) is 0 Å². The van der Waals surface area contributed by atoms with Crippen molar-refractivity contribution in [1.29, 1.82) is 0 Å². The number of thioether (sulfide) groups is 2. The summed E-state index contributed by atoms with van der Waals surface area (Å²) in [6.45, 7) is 1.99. The molecular formula is C30H24N2O5S2. The van der Waals surface area contributed by atoms with Gasteiger partial charge in [0.15, 0.2) is 0 Å². The Morgan fingerprint density at radius 2 is 1.64 bits per heavy atom. The molecule has 2 amide bonds. The first-order chi connectivity index (χ1) is 18.9. The Labute approximate surface area is 233 Å². The number of imide groups is 1. The SMILES string of the molecule is Cc1ccc(C(=O)n2c3c(c4ccccc42)C(SCCC(=O)ON2C(=O)CCC2=O)Sc2ccccc2-3)cc1. The Morgan fingerprint density at radius 1 is 0.949 bits per heavy atom. The first-order valence-corrected chi connectivity index (χ1v) is 14.5. The number of fused-ring (bicyclic) bond motifs is 5. The van der Waals surface area contributed by atoms with Gasteiger partial charge in [-0.3, -0.25) is 19.0 Å². The molecule has 1 unspecified atom stereocenters. The van der Waals surface area contributed by atoms with E-state index < -0.39 is 17.8 Å². The molecule has 2 aliphatic rings. The zero-order valence-electron chi connectivity index (χ0n) is 21.1. The molecule has 1 aromatic heterocycles. The summed E-state index contributed by atoms with van der Waals surface area (Å²) < 4.78 is 1.73. The van der Waals surface area contributed by atoms with E-state index in [9.17, 15) is 19.2 Å². The van der Waals surface area contributed by atoms with Crippen LogP contribution in [0.25, 0.3) is 22.2 Å². The van der Waals surface area contributed by atoms with Crippen LogP contribution in [0.4, 0.5) is 0 Å². The standard InChI is InChI=1S/C30H24N2O5S2/c1-18-10-12-19(13-11-18)29(36)31-22-8-4-2-6-20(22)27-28(31)21-7-3-5-9-23(21)39-30(27)38-17-16-26(35)37-32-24(33)14-15-25(32)34/h2-13,30H,14-17H2,1H3. The maximum absolute atomic E-state index is 14.0. The Balaban J connectivity index is 1.34. The first kappa shape index (κ1) is 25.5. The van der Waals surface area contributed by atoms with E-state index in [1.165, 1.54) is 0 Å². The molecule has 0 saturated carbocycles. The van der Waals surface area contributed by atoms with Crippen LogP contribution in [0.3, 0.4) is 0 Å². The summed E-state index contributed by atoms with van der Waals surface area (Å²) in [5.74, 6) is -1.28. The van der Waals surface area contributed by atoms with E-state index in [4.69, 9.17) is 4.84 Å². The van der Waals surface area contributed by atoms with Crippen molar-refractivity contribution in [2.45, 2.75) is 35.7 Å². The number of hydrogen-bond donors (Lipinski definition) is 0. The van der Waals surface area contributed by atoms with Crippen LogP contribution in [0, 0.1) is 6.92 Å². The summed E-state index contributed by atoms with van der Waals surface area (Å²) >= 11 is 3.27. The largest absolute Gasteiger partial charge is 0.334 e. The van der Waals surface area contributed by atoms with E-state index in [0.29, 0.717) is 16.4 Å². The van der Waals surface area contributed by atoms with Crippen molar-refractivity contribution in [2.24, 2.45) is 0 Å². The van der Waals surface area contributed by atoms with E-state index >= 15 is 0 Å². The Bertz CT molecular complexity index is 1630. The number of rotatable bonds is 6. The van der Waals surface area contributed by atoms with Gasteiger partial charge < -0.3 is 4.84 Å². The average Bonchev–Trinajstić information content (AvgIpc) is 3.46. The molecule has 1 fully saturated rings. The lowest BCUT2D eigenvalue weighted by molar-refractivity contribution is -0.197. The number of nitrogens with zero attached hydrogens (tertiary/aromatic N) is 2. The second-order valence-corrected chi connectivity index (χ2v) is 12.1. The molecular weight excluding hydrogens is 532 g/mol. The highest BCUT2D eigenvalue weighted by molar-refractivity contribution is 8.16. The van der Waals surface area contributed by atoms with Crippen LogP contribution >= 0.6 is 23.5 Å². The fourth-order valence-corrected chi connectivity index (χ4v) is 7.73. The molecule has 3 aromatic carbocycles. The molecule has 6 rings (SSSR count). The number of para-hydroxylation sites is 1. The minimum absolute atomic E-state index is 0.0384. The third kappa shape index (κ3) is 4.66. The molecule has 2 aliphatic heterocycles. The van der Waals surface area contributed by atoms with Crippen LogP contribution < -0.4 is 0 Å². The quantitative estimate of drug-likeness (QED) is 0.264. The fourth-order valence-electron chi connectivity index (χ4n) is 4.92. The zero-order valence-corrected chi connectivity index (χ0v) is 22.7. The van der Waals surface area contributed by atoms with E-state index in [-0.39, 0.29) is 29.8 Å². The number of hydrogen-bond acceptors (Lipinski definition) is 7. The minimum Gasteiger partial charge on any atom is -0.330 e. The lowest BCUT2D eigenvalue weighted by Crippen LogP contribution is -2.32. The van der Waals surface area contributed by atoms with Crippen molar-refractivity contribution in [1.82, 2.24) is 9.63 Å². The molecule has 196 valence electrons. The average molecular weight is 557 g/mol. The molecule has 3 heterocycles. The van der Waals surface area contributed by atoms with E-state index in [1.807, 2.05) is 84.3 Å². The van der Waals surface area contributed by atoms with Crippen LogP contribution in [0.1, 0.15) is 45.3 Å². The van der Waals surface area contributed by atoms with Gasteiger partial charge in [-0.1, -0.05) is 54.1 Å². The van der Waals surface area contributed by atoms with Crippen molar-refractivity contribution in [3.63, 3.8) is 0 Å². The van der Waals surface area contributed by atoms with Gasteiger partial charge in [0.25, 0.3) is 17.7 Å². The van der Waals surface area contributed by atoms with Gasteiger partial charge in [0.05, 0.1) is 22.2 Å². The van der Waals surface area contributed by atoms with E-state index in [1.54, 1.807) is 23.5 Å². The number of aromatic nitrogens is 1. The number of amides is 2. The van der Waals surface area contributed by atoms with Crippen LogP contribution in [0.15, 0.2) is 77.7 Å². The molecule has 0 bridgehead atoms. The maximum atomic E-state index is 14.0. The van der Waals surface area contributed by atoms with Gasteiger partial charge in [-0.15, -0.1) is 28.6 Å². The van der Waals surface area contributed by atoms with Crippen LogP contribution in [-0.2, 0) is 19.2 Å². The minimum atomic E-state index is -0.621. The van der Waals surface area contributed by atoms with Crippen molar-refractivity contribution < 1.29 is 24.0 Å². The van der Waals surface area contributed by atoms with Crippen molar-refractivity contribution in [3.8, 4) is 11.3 Å². The van der Waals surface area contributed by atoms with Gasteiger partial charge in [0, 0.05) is 45.6 Å². The van der Waals surface area contributed by atoms with E-state index in [0.717, 1.165) is 38.2 Å². The molecule has 4 aromatic rings. The molecule has 1 saturated heterocycles. The lowest BCUT2D eigenvalue weighted by Gasteiger charge is -2.26. The monoisotopic (exact) mass is 556 g/mol. The fraction of sp³-hybridized carbons (Fsp3) is 0.200. The van der Waals surface area contributed by atoms with Gasteiger partial charge >= 0.3 is 5.97 Å². The predicted molar refractivity (Wildman–Crippen MR) is 151 cm³/mol. The third-order valence-electron chi connectivity index (χ3n) is 6.80. The van der Waals surface area contributed by atoms with E-state index in [2.05, 4.69) is 0 Å². The molecule has 0 radical (unpaired) electrons. The number of hydroxylamine groups is 2. The topological polar surface area (TPSA) is 85.7 Å². The summed E-state index contributed by atoms with van der Waals surface area (Å²) in [5.41, 5.74) is 5.43. The number of carbonyl (C=O) groups excluding carboxylic acids is 4. The molecule has 9 heteroatoms. The molecule has 7 nitrogen and oxygen atoms in total. The molecule has 0 N–H and O–H groups in total. The summed E-state index contributed by atoms with van der Waals surface area (Å²) in [7, 11) is 0. The van der Waals surface area contributed by atoms with Crippen LogP contribution in [0.5, 0.6) is 0 Å². The van der Waals surface area contributed by atoms with Crippen LogP contribution in [-0.4, -0.2) is 39.1 Å². The summed E-state index contributed by atoms with van der Waals surface area (Å²) in [6, 6.07) is 23.6. The van der Waals surface area contributed by atoms with Gasteiger partial charge in [0.1, 0.15) is 0 Å². The number of aryl methyl sites for hydroxylation is 1. The second kappa shape index (κ2) is 10.4. The summed E-state index contributed by atoms with van der Waals surface area (Å²) in [4.78, 5) is 56.1. The Morgan fingerprint density at radius 3 is 2.41 bits per heavy atom. The molecule has 0 aliphatic carbocycles. The van der Waals surface area contributed by atoms with Gasteiger partial charge in [-0.2, -0.15) is 0 Å². The highest BCUT2D eigenvalue weighted by Crippen LogP contribution is 2.56. The smallest absolute Gasteiger partial charge is 0.330 e. The maximum Gasteiger partial charge on any atom is 0.334 e. The highest BCUT2D eigenvalue weighted by Gasteiger charge is 2.35. The summed E-state index contributed by atoms with van der Waals surface area (Å²) in [5, 5.41) is 1.57. The van der Waals surface area contributed by atoms with Crippen molar-refractivity contribution in [2.75, 3.05) is 5.75 Å². The lowest BCUT2D eigenvalue weighted by atomic mass is 10.1. The van der Waals surface area contributed by atoms with Gasteiger partial charge in [0.2, 0.25) is 0 Å². The number of carbonyl (C=O) groups is 4. The highest BCUT2D eigenvalue weighted by atomic mass is 32.2. The predicted octanol–water partition coefficient (Wildman–Crippen LogP) is 6.14. The normalized spacial score (nSPS) is 16.3. The second-order valence-electron chi connectivity index (χ2n) is 9.40. The first-order valence-electron chi connectivity index (χ1n) is 12.6. The zero-order chi connectivity index (χ0) is 27.1. The Kier molecular flexibility index (Phi) is 6.78. The molecule has 0 spiro atoms. The number of benzene rings is 3. The third-order valence-corrected chi connectivity index (χ3v) is 9.54. The molecule has 1 atom stereocenters. The molecule has 39 heavy (non-hydrogen) atoms. The Hall–Kier alpha value is -3.82. The van der Waals surface area contributed by atoms with Gasteiger partial charge in [-0.05, 0) is 31.2 Å². The van der Waals surface area contributed by atoms with Gasteiger partial charge in [-0.25, -0.2) is 4.79 Å².